The maximum Gasteiger partial charge on any atom is 1.00 e. The molecule has 0 aliphatic rings. The largest absolute Gasteiger partial charge is 1.00 e. The molecule has 0 saturated carbocycles. The number of carboxylic acids is 2. The van der Waals surface area contributed by atoms with Gasteiger partial charge in [0.1, 0.15) is 0 Å². The van der Waals surface area contributed by atoms with E-state index in [2.05, 4.69) is 25.7 Å². The van der Waals surface area contributed by atoms with E-state index in [1.807, 2.05) is 0 Å². The van der Waals surface area contributed by atoms with Crippen LogP contribution in [0.4, 0.5) is 0 Å². The number of carbonyl (C=O) groups is 2. The molecule has 0 aromatic heterocycles. The monoisotopic (exact) mass is 243 g/mol. The van der Waals surface area contributed by atoms with E-state index in [9.17, 15) is 9.59 Å². The Morgan fingerprint density at radius 2 is 1.19 bits per heavy atom. The molecular formula is C10H22NNaO4. The fourth-order valence-electron chi connectivity index (χ4n) is 0.885. The third kappa shape index (κ3) is 19.5. The van der Waals surface area contributed by atoms with Crippen LogP contribution < -0.4 is 29.6 Å². The SMILES string of the molecule is CCN(CC)CC.O=C(O)CCC(=O)O.[H-].[Na+]. The maximum absolute atomic E-state index is 9.64. The Hall–Kier alpha value is -0.100. The van der Waals surface area contributed by atoms with E-state index in [0.29, 0.717) is 0 Å². The summed E-state index contributed by atoms with van der Waals surface area (Å²) in [4.78, 5) is 21.7. The molecule has 0 bridgehead atoms. The van der Waals surface area contributed by atoms with Crippen molar-refractivity contribution in [1.82, 2.24) is 4.90 Å². The van der Waals surface area contributed by atoms with Gasteiger partial charge in [0.25, 0.3) is 0 Å². The van der Waals surface area contributed by atoms with Crippen molar-refractivity contribution in [2.75, 3.05) is 19.6 Å². The average molecular weight is 243 g/mol. The van der Waals surface area contributed by atoms with Gasteiger partial charge in [-0.25, -0.2) is 0 Å². The van der Waals surface area contributed by atoms with Gasteiger partial charge in [0, 0.05) is 0 Å². The molecule has 0 spiro atoms. The van der Waals surface area contributed by atoms with Gasteiger partial charge >= 0.3 is 41.5 Å². The molecule has 16 heavy (non-hydrogen) atoms. The molecule has 0 amide bonds. The first kappa shape index (κ1) is 21.2. The second-order valence-corrected chi connectivity index (χ2v) is 2.91. The van der Waals surface area contributed by atoms with E-state index in [1.165, 1.54) is 19.6 Å². The molecule has 0 unspecified atom stereocenters. The van der Waals surface area contributed by atoms with Gasteiger partial charge in [-0.05, 0) is 19.6 Å². The summed E-state index contributed by atoms with van der Waals surface area (Å²) in [5.41, 5.74) is 0. The molecule has 5 nitrogen and oxygen atoms in total. The van der Waals surface area contributed by atoms with Gasteiger partial charge in [-0.15, -0.1) is 0 Å². The van der Waals surface area contributed by atoms with Crippen LogP contribution in [0.2, 0.25) is 0 Å². The van der Waals surface area contributed by atoms with Crippen LogP contribution in [0.15, 0.2) is 0 Å². The Morgan fingerprint density at radius 1 is 0.938 bits per heavy atom. The van der Waals surface area contributed by atoms with E-state index in [4.69, 9.17) is 10.2 Å². The van der Waals surface area contributed by atoms with Crippen molar-refractivity contribution >= 4 is 11.9 Å². The van der Waals surface area contributed by atoms with Crippen LogP contribution in [0.5, 0.6) is 0 Å². The van der Waals surface area contributed by atoms with Crippen molar-refractivity contribution in [3.8, 4) is 0 Å². The number of rotatable bonds is 6. The van der Waals surface area contributed by atoms with Crippen molar-refractivity contribution in [3.63, 3.8) is 0 Å². The van der Waals surface area contributed by atoms with Crippen LogP contribution in [0, 0.1) is 0 Å². The minimum atomic E-state index is -1.08. The van der Waals surface area contributed by atoms with Gasteiger partial charge in [-0.2, -0.15) is 0 Å². The Morgan fingerprint density at radius 3 is 1.25 bits per heavy atom. The van der Waals surface area contributed by atoms with E-state index in [1.54, 1.807) is 0 Å². The zero-order valence-corrected chi connectivity index (χ0v) is 12.7. The van der Waals surface area contributed by atoms with Gasteiger partial charge < -0.3 is 16.5 Å². The molecule has 92 valence electrons. The van der Waals surface area contributed by atoms with E-state index < -0.39 is 11.9 Å². The van der Waals surface area contributed by atoms with E-state index in [0.717, 1.165) is 0 Å². The van der Waals surface area contributed by atoms with Gasteiger partial charge in [0.05, 0.1) is 12.8 Å². The normalized spacial score (nSPS) is 8.75. The number of nitrogens with zero attached hydrogens (tertiary/aromatic N) is 1. The molecule has 0 atom stereocenters. The van der Waals surface area contributed by atoms with Crippen LogP contribution >= 0.6 is 0 Å². The summed E-state index contributed by atoms with van der Waals surface area (Å²) in [6.07, 6.45) is -0.593. The van der Waals surface area contributed by atoms with Crippen molar-refractivity contribution in [2.24, 2.45) is 0 Å². The molecule has 0 heterocycles. The number of carboxylic acid groups (broad SMARTS) is 2. The summed E-state index contributed by atoms with van der Waals surface area (Å²) in [6, 6.07) is 0. The molecule has 0 radical (unpaired) electrons. The van der Waals surface area contributed by atoms with Crippen molar-refractivity contribution < 1.29 is 50.8 Å². The minimum Gasteiger partial charge on any atom is -1.00 e. The average Bonchev–Trinajstić information content (AvgIpc) is 2.18. The molecule has 0 aromatic carbocycles. The summed E-state index contributed by atoms with van der Waals surface area (Å²) in [6.45, 7) is 10.1. The van der Waals surface area contributed by atoms with E-state index >= 15 is 0 Å². The van der Waals surface area contributed by atoms with Crippen LogP contribution in [0.1, 0.15) is 35.0 Å². The predicted molar refractivity (Wildman–Crippen MR) is 59.1 cm³/mol. The fourth-order valence-corrected chi connectivity index (χ4v) is 0.885. The molecule has 0 rings (SSSR count). The van der Waals surface area contributed by atoms with Crippen LogP contribution in [0.3, 0.4) is 0 Å². The Balaban J connectivity index is -0.0000000896. The van der Waals surface area contributed by atoms with Gasteiger partial charge in [0.15, 0.2) is 0 Å². The third-order valence-corrected chi connectivity index (χ3v) is 1.89. The topological polar surface area (TPSA) is 77.8 Å². The number of hydrogen-bond donors (Lipinski definition) is 2. The summed E-state index contributed by atoms with van der Waals surface area (Å²) < 4.78 is 0. The second kappa shape index (κ2) is 14.9. The minimum absolute atomic E-state index is 0. The first-order valence-corrected chi connectivity index (χ1v) is 5.13. The molecule has 0 aromatic rings. The van der Waals surface area contributed by atoms with Crippen molar-refractivity contribution in [3.05, 3.63) is 0 Å². The molecular weight excluding hydrogens is 221 g/mol. The number of aliphatic carboxylic acids is 2. The first-order valence-electron chi connectivity index (χ1n) is 5.13. The maximum atomic E-state index is 9.64. The standard InChI is InChI=1S/C6H15N.C4H6O4.Na.H/c1-4-7(5-2)6-3;5-3(6)1-2-4(7)8;;/h4-6H2,1-3H3;1-2H2,(H,5,6)(H,7,8);;/q;;+1;-1. The van der Waals surface area contributed by atoms with Crippen LogP contribution in [-0.4, -0.2) is 46.7 Å². The summed E-state index contributed by atoms with van der Waals surface area (Å²) in [5.74, 6) is -2.15. The van der Waals surface area contributed by atoms with E-state index in [-0.39, 0.29) is 43.8 Å². The number of hydrogen-bond acceptors (Lipinski definition) is 3. The zero-order valence-electron chi connectivity index (χ0n) is 11.7. The molecule has 2 N–H and O–H groups in total. The van der Waals surface area contributed by atoms with Gasteiger partial charge in [-0.1, -0.05) is 20.8 Å². The van der Waals surface area contributed by atoms with Crippen LogP contribution in [-0.2, 0) is 9.59 Å². The molecule has 0 aliphatic carbocycles. The summed E-state index contributed by atoms with van der Waals surface area (Å²) in [5, 5.41) is 15.8. The molecule has 6 heteroatoms. The molecule has 0 fully saturated rings. The van der Waals surface area contributed by atoms with Crippen molar-refractivity contribution in [1.29, 1.82) is 0 Å². The Kier molecular flexibility index (Phi) is 19.8. The Bertz CT molecular complexity index is 170. The van der Waals surface area contributed by atoms with Gasteiger partial charge in [0.2, 0.25) is 0 Å². The quantitative estimate of drug-likeness (QED) is 0.549. The summed E-state index contributed by atoms with van der Waals surface area (Å²) >= 11 is 0. The fraction of sp³-hybridized carbons (Fsp3) is 0.800. The van der Waals surface area contributed by atoms with Crippen LogP contribution in [0.25, 0.3) is 0 Å². The zero-order chi connectivity index (χ0) is 12.3. The Labute approximate surface area is 121 Å². The molecule has 0 aliphatic heterocycles. The third-order valence-electron chi connectivity index (χ3n) is 1.89. The van der Waals surface area contributed by atoms with Crippen molar-refractivity contribution in [2.45, 2.75) is 33.6 Å². The smallest absolute Gasteiger partial charge is 1.00 e. The first-order chi connectivity index (χ1) is 6.97. The van der Waals surface area contributed by atoms with Gasteiger partial charge in [-0.3, -0.25) is 9.59 Å². The predicted octanol–water partition coefficient (Wildman–Crippen LogP) is -1.60. The summed E-state index contributed by atoms with van der Waals surface area (Å²) in [7, 11) is 0. The molecule has 0 saturated heterocycles. The second-order valence-electron chi connectivity index (χ2n) is 2.91.